The number of hydrogen-bond acceptors (Lipinski definition) is 5. The van der Waals surface area contributed by atoms with Crippen LogP contribution in [0.15, 0.2) is 60.7 Å². The van der Waals surface area contributed by atoms with Crippen LogP contribution in [0.1, 0.15) is 12.0 Å². The summed E-state index contributed by atoms with van der Waals surface area (Å²) in [7, 11) is 4.13. The van der Waals surface area contributed by atoms with E-state index in [0.29, 0.717) is 24.4 Å². The summed E-state index contributed by atoms with van der Waals surface area (Å²) in [6.45, 7) is 2.43. The largest absolute Gasteiger partial charge is 0.370 e. The molecule has 5 nitrogen and oxygen atoms in total. The van der Waals surface area contributed by atoms with Crippen LogP contribution in [0.4, 0.5) is 16.0 Å². The molecule has 1 heterocycles. The van der Waals surface area contributed by atoms with E-state index in [9.17, 15) is 4.39 Å². The van der Waals surface area contributed by atoms with Crippen molar-refractivity contribution in [2.75, 3.05) is 44.4 Å². The van der Waals surface area contributed by atoms with Crippen LogP contribution in [0.3, 0.4) is 0 Å². The van der Waals surface area contributed by atoms with Crippen molar-refractivity contribution in [3.8, 4) is 11.4 Å². The summed E-state index contributed by atoms with van der Waals surface area (Å²) in [6.07, 6.45) is 1.61. The Balaban J connectivity index is 1.70. The lowest BCUT2D eigenvalue weighted by Crippen LogP contribution is -2.17. The van der Waals surface area contributed by atoms with Gasteiger partial charge in [0.2, 0.25) is 0 Å². The number of nitrogens with zero attached hydrogens (tertiary/aromatic N) is 3. The third kappa shape index (κ3) is 6.54. The summed E-state index contributed by atoms with van der Waals surface area (Å²) >= 11 is 0. The van der Waals surface area contributed by atoms with E-state index in [-0.39, 0.29) is 5.82 Å². The quantitative estimate of drug-likeness (QED) is 0.503. The molecule has 0 saturated heterocycles. The minimum atomic E-state index is -0.176. The summed E-state index contributed by atoms with van der Waals surface area (Å²) < 4.78 is 13.8. The fourth-order valence-corrected chi connectivity index (χ4v) is 2.98. The van der Waals surface area contributed by atoms with Gasteiger partial charge in [-0.2, -0.15) is 0 Å². The third-order valence-electron chi connectivity index (χ3n) is 4.50. The van der Waals surface area contributed by atoms with Gasteiger partial charge in [0.15, 0.2) is 5.82 Å². The maximum Gasteiger partial charge on any atom is 0.163 e. The molecule has 0 aliphatic carbocycles. The maximum atomic E-state index is 13.8. The van der Waals surface area contributed by atoms with Gasteiger partial charge in [-0.05, 0) is 45.1 Å². The van der Waals surface area contributed by atoms with Crippen molar-refractivity contribution in [2.24, 2.45) is 0 Å². The van der Waals surface area contributed by atoms with Crippen LogP contribution in [0.5, 0.6) is 0 Å². The number of nitrogens with one attached hydrogen (secondary N) is 2. The molecular weight excluding hydrogens is 365 g/mol. The molecule has 0 aliphatic rings. The van der Waals surface area contributed by atoms with Crippen molar-refractivity contribution in [3.63, 3.8) is 0 Å². The highest BCUT2D eigenvalue weighted by molar-refractivity contribution is 5.61. The Bertz CT molecular complexity index is 899. The maximum absolute atomic E-state index is 13.8. The highest BCUT2D eigenvalue weighted by Crippen LogP contribution is 2.20. The highest BCUT2D eigenvalue weighted by atomic mass is 19.1. The van der Waals surface area contributed by atoms with Gasteiger partial charge in [0.1, 0.15) is 17.5 Å². The zero-order valence-electron chi connectivity index (χ0n) is 17.0. The fraction of sp³-hybridized carbons (Fsp3) is 0.304. The van der Waals surface area contributed by atoms with Crippen molar-refractivity contribution in [1.29, 1.82) is 0 Å². The predicted molar refractivity (Wildman–Crippen MR) is 118 cm³/mol. The standard InChI is InChI=1S/C23H28FN5/c1-29(2)16-8-14-25-21-17-22(26-15-13-18-9-6-7-12-20(18)24)28-23(27-21)19-10-4-3-5-11-19/h3-7,9-12,17H,8,13-16H2,1-2H3,(H2,25,26,27,28). The predicted octanol–water partition coefficient (Wildman–Crippen LogP) is 4.30. The van der Waals surface area contributed by atoms with Gasteiger partial charge >= 0.3 is 0 Å². The number of hydrogen-bond donors (Lipinski definition) is 2. The lowest BCUT2D eigenvalue weighted by Gasteiger charge is -2.13. The van der Waals surface area contributed by atoms with E-state index < -0.39 is 0 Å². The molecule has 0 unspecified atom stereocenters. The van der Waals surface area contributed by atoms with Gasteiger partial charge < -0.3 is 15.5 Å². The molecule has 0 aliphatic heterocycles. The molecule has 0 radical (unpaired) electrons. The molecule has 0 amide bonds. The Hall–Kier alpha value is -2.99. The number of anilines is 2. The molecule has 0 fully saturated rings. The van der Waals surface area contributed by atoms with E-state index in [0.717, 1.165) is 36.7 Å². The third-order valence-corrected chi connectivity index (χ3v) is 4.50. The minimum absolute atomic E-state index is 0.176. The second-order valence-corrected chi connectivity index (χ2v) is 7.18. The SMILES string of the molecule is CN(C)CCCNc1cc(NCCc2ccccc2F)nc(-c2ccccc2)n1. The molecular formula is C23H28FN5. The van der Waals surface area contributed by atoms with Gasteiger partial charge in [0.05, 0.1) is 0 Å². The van der Waals surface area contributed by atoms with E-state index in [1.165, 1.54) is 6.07 Å². The molecule has 152 valence electrons. The van der Waals surface area contributed by atoms with E-state index in [2.05, 4.69) is 39.6 Å². The Kier molecular flexibility index (Phi) is 7.53. The van der Waals surface area contributed by atoms with Crippen molar-refractivity contribution in [2.45, 2.75) is 12.8 Å². The van der Waals surface area contributed by atoms with Gasteiger partial charge in [-0.25, -0.2) is 14.4 Å². The van der Waals surface area contributed by atoms with Crippen LogP contribution in [-0.2, 0) is 6.42 Å². The first-order chi connectivity index (χ1) is 14.1. The molecule has 3 aromatic rings. The first-order valence-electron chi connectivity index (χ1n) is 9.92. The molecule has 0 spiro atoms. The molecule has 3 rings (SSSR count). The minimum Gasteiger partial charge on any atom is -0.370 e. The van der Waals surface area contributed by atoms with Gasteiger partial charge in [-0.1, -0.05) is 48.5 Å². The Labute approximate surface area is 172 Å². The molecule has 0 bridgehead atoms. The van der Waals surface area contributed by atoms with Crippen molar-refractivity contribution in [3.05, 3.63) is 72.0 Å². The number of aromatic nitrogens is 2. The van der Waals surface area contributed by atoms with E-state index >= 15 is 0 Å². The molecule has 0 saturated carbocycles. The monoisotopic (exact) mass is 393 g/mol. The topological polar surface area (TPSA) is 53.1 Å². The summed E-state index contributed by atoms with van der Waals surface area (Å²) in [4.78, 5) is 11.5. The zero-order valence-corrected chi connectivity index (χ0v) is 17.0. The second-order valence-electron chi connectivity index (χ2n) is 7.18. The Morgan fingerprint density at radius 1 is 0.862 bits per heavy atom. The van der Waals surface area contributed by atoms with Gasteiger partial charge in [0, 0.05) is 24.7 Å². The molecule has 1 aromatic heterocycles. The van der Waals surface area contributed by atoms with Crippen LogP contribution in [0.2, 0.25) is 0 Å². The highest BCUT2D eigenvalue weighted by Gasteiger charge is 2.08. The summed E-state index contributed by atoms with van der Waals surface area (Å²) in [5.74, 6) is 2.00. The number of rotatable bonds is 10. The van der Waals surface area contributed by atoms with Crippen LogP contribution in [-0.4, -0.2) is 48.6 Å². The van der Waals surface area contributed by atoms with Crippen molar-refractivity contribution < 1.29 is 4.39 Å². The molecule has 2 aromatic carbocycles. The molecule has 6 heteroatoms. The molecule has 0 atom stereocenters. The summed E-state index contributed by atoms with van der Waals surface area (Å²) in [5, 5.41) is 6.70. The summed E-state index contributed by atoms with van der Waals surface area (Å²) in [6, 6.07) is 18.7. The summed E-state index contributed by atoms with van der Waals surface area (Å²) in [5.41, 5.74) is 1.65. The Morgan fingerprint density at radius 2 is 1.52 bits per heavy atom. The fourth-order valence-electron chi connectivity index (χ4n) is 2.98. The van der Waals surface area contributed by atoms with Gasteiger partial charge in [-0.3, -0.25) is 0 Å². The Morgan fingerprint density at radius 3 is 2.21 bits per heavy atom. The van der Waals surface area contributed by atoms with Crippen LogP contribution < -0.4 is 10.6 Å². The zero-order chi connectivity index (χ0) is 20.5. The first kappa shape index (κ1) is 20.7. The molecule has 2 N–H and O–H groups in total. The van der Waals surface area contributed by atoms with Crippen molar-refractivity contribution >= 4 is 11.6 Å². The van der Waals surface area contributed by atoms with E-state index in [1.807, 2.05) is 48.5 Å². The second kappa shape index (κ2) is 10.5. The lowest BCUT2D eigenvalue weighted by molar-refractivity contribution is 0.405. The van der Waals surface area contributed by atoms with Gasteiger partial charge in [-0.15, -0.1) is 0 Å². The van der Waals surface area contributed by atoms with E-state index in [4.69, 9.17) is 0 Å². The normalized spacial score (nSPS) is 10.9. The first-order valence-corrected chi connectivity index (χ1v) is 9.92. The average Bonchev–Trinajstić information content (AvgIpc) is 2.73. The lowest BCUT2D eigenvalue weighted by atomic mass is 10.1. The van der Waals surface area contributed by atoms with E-state index in [1.54, 1.807) is 6.07 Å². The molecule has 29 heavy (non-hydrogen) atoms. The van der Waals surface area contributed by atoms with Crippen LogP contribution in [0.25, 0.3) is 11.4 Å². The number of halogens is 1. The van der Waals surface area contributed by atoms with Gasteiger partial charge in [0.25, 0.3) is 0 Å². The van der Waals surface area contributed by atoms with Crippen LogP contribution in [0, 0.1) is 5.82 Å². The van der Waals surface area contributed by atoms with Crippen molar-refractivity contribution in [1.82, 2.24) is 14.9 Å². The smallest absolute Gasteiger partial charge is 0.163 e. The van der Waals surface area contributed by atoms with Crippen LogP contribution >= 0.6 is 0 Å². The average molecular weight is 394 g/mol. The number of benzene rings is 2.